The third-order valence-corrected chi connectivity index (χ3v) is 1.08. The van der Waals surface area contributed by atoms with E-state index >= 15 is 0 Å². The zero-order valence-corrected chi connectivity index (χ0v) is 5.46. The summed E-state index contributed by atoms with van der Waals surface area (Å²) in [7, 11) is 0. The molecular weight excluding hydrogens is 118 g/mol. The van der Waals surface area contributed by atoms with E-state index in [2.05, 4.69) is 10.1 Å². The van der Waals surface area contributed by atoms with Gasteiger partial charge in [0.2, 0.25) is 0 Å². The van der Waals surface area contributed by atoms with Gasteiger partial charge in [0.05, 0.1) is 0 Å². The molecule has 0 aromatic carbocycles. The Morgan fingerprint density at radius 3 is 2.67 bits per heavy atom. The molecule has 1 N–H and O–H groups in total. The number of hydrogen-bond acceptors (Lipinski definition) is 2. The highest BCUT2D eigenvalue weighted by molar-refractivity contribution is 4.61. The number of nitrogens with one attached hydrogen (secondary N) is 1. The average molecular weight is 127 g/mol. The third kappa shape index (κ3) is 1.19. The van der Waals surface area contributed by atoms with E-state index in [1.807, 2.05) is 13.8 Å². The van der Waals surface area contributed by atoms with Crippen LogP contribution in [0.2, 0.25) is 0 Å². The highest BCUT2D eigenvalue weighted by Crippen LogP contribution is 1.94. The van der Waals surface area contributed by atoms with Crippen LogP contribution in [0.3, 0.4) is 0 Å². The van der Waals surface area contributed by atoms with Crippen molar-refractivity contribution in [1.82, 2.24) is 14.8 Å². The average Bonchev–Trinajstić information content (AvgIpc) is 2.14. The minimum atomic E-state index is -0.288. The minimum Gasteiger partial charge on any atom is -0.270 e. The second-order valence-corrected chi connectivity index (χ2v) is 2.16. The molecule has 0 bridgehead atoms. The van der Waals surface area contributed by atoms with E-state index < -0.39 is 0 Å². The molecule has 9 heavy (non-hydrogen) atoms. The zero-order chi connectivity index (χ0) is 6.85. The van der Waals surface area contributed by atoms with Gasteiger partial charge in [0.1, 0.15) is 6.33 Å². The van der Waals surface area contributed by atoms with Crippen LogP contribution in [-0.2, 0) is 0 Å². The Bertz CT molecular complexity index is 234. The molecule has 0 spiro atoms. The molecule has 1 rings (SSSR count). The second kappa shape index (κ2) is 2.05. The first kappa shape index (κ1) is 6.07. The summed E-state index contributed by atoms with van der Waals surface area (Å²) in [5.74, 6) is 0. The summed E-state index contributed by atoms with van der Waals surface area (Å²) < 4.78 is 1.66. The maximum absolute atomic E-state index is 10.4. The Hall–Kier alpha value is -1.06. The first-order chi connectivity index (χ1) is 4.20. The Kier molecular flexibility index (Phi) is 1.38. The normalized spacial score (nSPS) is 10.6. The van der Waals surface area contributed by atoms with Crippen molar-refractivity contribution in [3.63, 3.8) is 0 Å². The number of rotatable bonds is 1. The smallest absolute Gasteiger partial charge is 0.270 e. The summed E-state index contributed by atoms with van der Waals surface area (Å²) in [5, 5.41) is 2.53. The van der Waals surface area contributed by atoms with Crippen LogP contribution < -0.4 is 5.69 Å². The lowest BCUT2D eigenvalue weighted by Gasteiger charge is -2.01. The van der Waals surface area contributed by atoms with Crippen molar-refractivity contribution in [2.45, 2.75) is 19.9 Å². The van der Waals surface area contributed by atoms with Gasteiger partial charge in [0.25, 0.3) is 0 Å². The largest absolute Gasteiger partial charge is 0.361 e. The molecule has 50 valence electrons. The van der Waals surface area contributed by atoms with Crippen molar-refractivity contribution in [2.75, 3.05) is 0 Å². The monoisotopic (exact) mass is 127 g/mol. The van der Waals surface area contributed by atoms with Crippen molar-refractivity contribution >= 4 is 0 Å². The van der Waals surface area contributed by atoms with Gasteiger partial charge in [-0.1, -0.05) is 0 Å². The fraction of sp³-hybridized carbons (Fsp3) is 0.600. The summed E-state index contributed by atoms with van der Waals surface area (Å²) in [5.41, 5.74) is -0.288. The lowest BCUT2D eigenvalue weighted by molar-refractivity contribution is 0.527. The van der Waals surface area contributed by atoms with E-state index in [0.717, 1.165) is 0 Å². The topological polar surface area (TPSA) is 50.7 Å². The first-order valence-electron chi connectivity index (χ1n) is 2.83. The molecule has 0 unspecified atom stereocenters. The van der Waals surface area contributed by atoms with E-state index in [1.165, 1.54) is 6.33 Å². The van der Waals surface area contributed by atoms with Gasteiger partial charge < -0.3 is 0 Å². The summed E-state index contributed by atoms with van der Waals surface area (Å²) in [6.07, 6.45) is 1.49. The number of aromatic nitrogens is 3. The summed E-state index contributed by atoms with van der Waals surface area (Å²) >= 11 is 0. The van der Waals surface area contributed by atoms with Crippen LogP contribution in [0.5, 0.6) is 0 Å². The molecule has 0 saturated carbocycles. The second-order valence-electron chi connectivity index (χ2n) is 2.16. The molecular formula is C5H9N3O. The molecule has 1 aromatic rings. The van der Waals surface area contributed by atoms with E-state index in [9.17, 15) is 4.79 Å². The van der Waals surface area contributed by atoms with Gasteiger partial charge in [-0.25, -0.2) is 9.89 Å². The van der Waals surface area contributed by atoms with Crippen LogP contribution in [0.25, 0.3) is 0 Å². The van der Waals surface area contributed by atoms with Gasteiger partial charge in [-0.05, 0) is 13.8 Å². The van der Waals surface area contributed by atoms with Crippen molar-refractivity contribution in [3.05, 3.63) is 16.8 Å². The molecule has 4 heteroatoms. The maximum Gasteiger partial charge on any atom is 0.361 e. The maximum atomic E-state index is 10.4. The zero-order valence-electron chi connectivity index (χ0n) is 5.46. The summed E-state index contributed by atoms with van der Waals surface area (Å²) in [6, 6.07) is 0.278. The third-order valence-electron chi connectivity index (χ3n) is 1.08. The van der Waals surface area contributed by atoms with Crippen LogP contribution >= 0.6 is 0 Å². The molecule has 0 aliphatic heterocycles. The number of aromatic amines is 1. The highest BCUT2D eigenvalue weighted by Gasteiger charge is 1.95. The number of hydrogen-bond donors (Lipinski definition) is 1. The minimum absolute atomic E-state index is 0.278. The van der Waals surface area contributed by atoms with Crippen molar-refractivity contribution < 1.29 is 0 Å². The fourth-order valence-electron chi connectivity index (χ4n) is 0.545. The lowest BCUT2D eigenvalue weighted by atomic mass is 10.4. The highest BCUT2D eigenvalue weighted by atomic mass is 16.1. The van der Waals surface area contributed by atoms with Crippen LogP contribution in [0, 0.1) is 0 Å². The van der Waals surface area contributed by atoms with Crippen molar-refractivity contribution in [2.24, 2.45) is 0 Å². The quantitative estimate of drug-likeness (QED) is 0.584. The predicted octanol–water partition coefficient (Wildman–Crippen LogP) is 0.152. The molecule has 0 saturated heterocycles. The van der Waals surface area contributed by atoms with Gasteiger partial charge in [-0.2, -0.15) is 4.98 Å². The molecule has 0 aliphatic rings. The van der Waals surface area contributed by atoms with Gasteiger partial charge in [-0.3, -0.25) is 4.68 Å². The van der Waals surface area contributed by atoms with Crippen LogP contribution in [-0.4, -0.2) is 14.8 Å². The van der Waals surface area contributed by atoms with Gasteiger partial charge in [-0.15, -0.1) is 0 Å². The molecule has 0 fully saturated rings. The Morgan fingerprint density at radius 1 is 1.78 bits per heavy atom. The van der Waals surface area contributed by atoms with Crippen LogP contribution in [0.1, 0.15) is 19.9 Å². The molecule has 1 aromatic heterocycles. The first-order valence-corrected chi connectivity index (χ1v) is 2.83. The van der Waals surface area contributed by atoms with E-state index in [0.29, 0.717) is 0 Å². The van der Waals surface area contributed by atoms with E-state index in [-0.39, 0.29) is 11.7 Å². The Morgan fingerprint density at radius 2 is 2.44 bits per heavy atom. The van der Waals surface area contributed by atoms with Gasteiger partial charge in [0, 0.05) is 6.04 Å². The SMILES string of the molecule is CC(C)n1cnc(=O)[nH]1. The van der Waals surface area contributed by atoms with Gasteiger partial charge >= 0.3 is 5.69 Å². The molecule has 0 amide bonds. The standard InChI is InChI=1S/C5H9N3O/c1-4(2)8-3-6-5(9)7-8/h3-4H,1-2H3,(H,7,9). The molecule has 0 radical (unpaired) electrons. The molecule has 0 aliphatic carbocycles. The van der Waals surface area contributed by atoms with Crippen LogP contribution in [0.4, 0.5) is 0 Å². The fourth-order valence-corrected chi connectivity index (χ4v) is 0.545. The van der Waals surface area contributed by atoms with E-state index in [4.69, 9.17) is 0 Å². The Balaban J connectivity index is 2.98. The summed E-state index contributed by atoms with van der Waals surface area (Å²) in [4.78, 5) is 13.9. The van der Waals surface area contributed by atoms with Crippen molar-refractivity contribution in [3.8, 4) is 0 Å². The van der Waals surface area contributed by atoms with Gasteiger partial charge in [0.15, 0.2) is 0 Å². The number of nitrogens with zero attached hydrogens (tertiary/aromatic N) is 2. The molecule has 0 atom stereocenters. The number of H-pyrrole nitrogens is 1. The van der Waals surface area contributed by atoms with Crippen LogP contribution in [0.15, 0.2) is 11.1 Å². The Labute approximate surface area is 52.5 Å². The molecule has 1 heterocycles. The summed E-state index contributed by atoms with van der Waals surface area (Å²) in [6.45, 7) is 3.94. The lowest BCUT2D eigenvalue weighted by Crippen LogP contribution is -2.07. The predicted molar refractivity (Wildman–Crippen MR) is 33.2 cm³/mol. The van der Waals surface area contributed by atoms with E-state index in [1.54, 1.807) is 4.68 Å². The van der Waals surface area contributed by atoms with Crippen molar-refractivity contribution in [1.29, 1.82) is 0 Å². The molecule has 4 nitrogen and oxygen atoms in total.